The van der Waals surface area contributed by atoms with Crippen LogP contribution in [-0.4, -0.2) is 37.8 Å². The molecule has 0 spiro atoms. The highest BCUT2D eigenvalue weighted by atomic mass is 32.2. The second-order valence-electron chi connectivity index (χ2n) is 6.66. The zero-order chi connectivity index (χ0) is 18.6. The molecule has 0 aliphatic carbocycles. The molecule has 2 aromatic rings. The van der Waals surface area contributed by atoms with Gasteiger partial charge in [0.1, 0.15) is 9.97 Å². The number of thiophene rings is 1. The van der Waals surface area contributed by atoms with Crippen LogP contribution in [0.25, 0.3) is 0 Å². The van der Waals surface area contributed by atoms with Gasteiger partial charge in [0.25, 0.3) is 10.0 Å². The molecule has 2 atom stereocenters. The van der Waals surface area contributed by atoms with E-state index in [1.165, 1.54) is 15.6 Å². The number of rotatable bonds is 7. The summed E-state index contributed by atoms with van der Waals surface area (Å²) in [7, 11) is -3.49. The van der Waals surface area contributed by atoms with Crippen LogP contribution in [-0.2, 0) is 21.2 Å². The fraction of sp³-hybridized carbons (Fsp3) is 0.500. The smallest absolute Gasteiger partial charge is 0.252 e. The molecule has 1 saturated heterocycles. The predicted octanol–water partition coefficient (Wildman–Crippen LogP) is 2.88. The number of hydrogen-bond donors (Lipinski definition) is 1. The Labute approximate surface area is 158 Å². The molecule has 0 bridgehead atoms. The van der Waals surface area contributed by atoms with Gasteiger partial charge in [0.15, 0.2) is 0 Å². The minimum Gasteiger partial charge on any atom is -0.469 e. The van der Waals surface area contributed by atoms with E-state index in [4.69, 9.17) is 4.42 Å². The monoisotopic (exact) mass is 396 g/mol. The van der Waals surface area contributed by atoms with E-state index >= 15 is 0 Å². The largest absolute Gasteiger partial charge is 0.469 e. The van der Waals surface area contributed by atoms with Crippen LogP contribution in [0.4, 0.5) is 0 Å². The number of carbonyl (C=O) groups is 1. The minimum atomic E-state index is -3.49. The maximum absolute atomic E-state index is 12.7. The zero-order valence-corrected chi connectivity index (χ0v) is 16.4. The van der Waals surface area contributed by atoms with Crippen molar-refractivity contribution >= 4 is 27.3 Å². The van der Waals surface area contributed by atoms with Crippen LogP contribution in [0.1, 0.15) is 31.9 Å². The summed E-state index contributed by atoms with van der Waals surface area (Å²) in [6.07, 6.45) is 4.60. The van der Waals surface area contributed by atoms with E-state index in [1.807, 2.05) is 19.1 Å². The zero-order valence-electron chi connectivity index (χ0n) is 14.8. The van der Waals surface area contributed by atoms with Crippen molar-refractivity contribution in [2.24, 2.45) is 5.92 Å². The van der Waals surface area contributed by atoms with Crippen molar-refractivity contribution < 1.29 is 17.6 Å². The van der Waals surface area contributed by atoms with Crippen LogP contribution in [0.5, 0.6) is 0 Å². The fourth-order valence-electron chi connectivity index (χ4n) is 3.16. The first-order chi connectivity index (χ1) is 12.5. The van der Waals surface area contributed by atoms with Crippen molar-refractivity contribution in [3.8, 4) is 0 Å². The van der Waals surface area contributed by atoms with Crippen LogP contribution in [0.3, 0.4) is 0 Å². The maximum atomic E-state index is 12.7. The number of nitrogens with one attached hydrogen (secondary N) is 1. The Balaban J connectivity index is 1.54. The second kappa shape index (κ2) is 8.37. The van der Waals surface area contributed by atoms with Crippen molar-refractivity contribution in [3.63, 3.8) is 0 Å². The standard InChI is InChI=1S/C18H24N2O4S2/c1-14(8-9-16-6-3-11-24-16)19-18(21)15-5-2-10-20(13-15)26(22,23)17-7-4-12-25-17/h3-4,6-7,11-12,14-15H,2,5,8-10,13H2,1H3,(H,19,21). The number of hydrogen-bond acceptors (Lipinski definition) is 5. The molecule has 1 amide bonds. The molecule has 1 N–H and O–H groups in total. The molecule has 2 aromatic heterocycles. The first-order valence-electron chi connectivity index (χ1n) is 8.83. The molecule has 0 saturated carbocycles. The molecule has 3 heterocycles. The highest BCUT2D eigenvalue weighted by molar-refractivity contribution is 7.91. The lowest BCUT2D eigenvalue weighted by molar-refractivity contribution is -0.126. The lowest BCUT2D eigenvalue weighted by Crippen LogP contribution is -2.47. The van der Waals surface area contributed by atoms with E-state index in [-0.39, 0.29) is 24.4 Å². The van der Waals surface area contributed by atoms with Crippen LogP contribution in [0.2, 0.25) is 0 Å². The quantitative estimate of drug-likeness (QED) is 0.780. The average Bonchev–Trinajstić information content (AvgIpc) is 3.34. The molecule has 0 aromatic carbocycles. The summed E-state index contributed by atoms with van der Waals surface area (Å²) in [6.45, 7) is 2.68. The Morgan fingerprint density at radius 1 is 1.42 bits per heavy atom. The fourth-order valence-corrected chi connectivity index (χ4v) is 5.83. The highest BCUT2D eigenvalue weighted by Gasteiger charge is 2.34. The third kappa shape index (κ3) is 4.55. The van der Waals surface area contributed by atoms with Gasteiger partial charge in [-0.3, -0.25) is 4.79 Å². The summed E-state index contributed by atoms with van der Waals surface area (Å²) in [5, 5.41) is 4.77. The van der Waals surface area contributed by atoms with Gasteiger partial charge in [0.2, 0.25) is 5.91 Å². The van der Waals surface area contributed by atoms with Crippen molar-refractivity contribution in [2.75, 3.05) is 13.1 Å². The number of piperidine rings is 1. The van der Waals surface area contributed by atoms with E-state index in [0.29, 0.717) is 23.6 Å². The lowest BCUT2D eigenvalue weighted by Gasteiger charge is -2.31. The summed E-state index contributed by atoms with van der Waals surface area (Å²) < 4.78 is 32.4. The molecular formula is C18H24N2O4S2. The van der Waals surface area contributed by atoms with Crippen LogP contribution >= 0.6 is 11.3 Å². The molecule has 1 aliphatic rings. The average molecular weight is 397 g/mol. The molecule has 1 fully saturated rings. The van der Waals surface area contributed by atoms with Gasteiger partial charge >= 0.3 is 0 Å². The van der Waals surface area contributed by atoms with Crippen LogP contribution in [0.15, 0.2) is 44.5 Å². The number of nitrogens with zero attached hydrogens (tertiary/aromatic N) is 1. The van der Waals surface area contributed by atoms with Gasteiger partial charge in [0.05, 0.1) is 12.2 Å². The number of furan rings is 1. The van der Waals surface area contributed by atoms with Gasteiger partial charge in [-0.2, -0.15) is 4.31 Å². The van der Waals surface area contributed by atoms with Crippen molar-refractivity contribution in [3.05, 3.63) is 41.7 Å². The predicted molar refractivity (Wildman–Crippen MR) is 100 cm³/mol. The molecule has 142 valence electrons. The van der Waals surface area contributed by atoms with E-state index in [2.05, 4.69) is 5.32 Å². The number of amides is 1. The van der Waals surface area contributed by atoms with E-state index in [1.54, 1.807) is 23.8 Å². The van der Waals surface area contributed by atoms with Gasteiger partial charge in [-0.25, -0.2) is 8.42 Å². The molecule has 8 heteroatoms. The topological polar surface area (TPSA) is 79.6 Å². The number of sulfonamides is 1. The molecule has 3 rings (SSSR count). The normalized spacial score (nSPS) is 20.0. The van der Waals surface area contributed by atoms with Crippen molar-refractivity contribution in [2.45, 2.75) is 42.9 Å². The van der Waals surface area contributed by atoms with E-state index < -0.39 is 10.0 Å². The maximum Gasteiger partial charge on any atom is 0.252 e. The highest BCUT2D eigenvalue weighted by Crippen LogP contribution is 2.26. The van der Waals surface area contributed by atoms with Gasteiger partial charge in [-0.1, -0.05) is 6.07 Å². The van der Waals surface area contributed by atoms with Crippen molar-refractivity contribution in [1.82, 2.24) is 9.62 Å². The van der Waals surface area contributed by atoms with E-state index in [9.17, 15) is 13.2 Å². The third-order valence-corrected chi connectivity index (χ3v) is 7.87. The van der Waals surface area contributed by atoms with Crippen LogP contribution < -0.4 is 5.32 Å². The Bertz CT molecular complexity index is 800. The molecule has 26 heavy (non-hydrogen) atoms. The molecule has 1 aliphatic heterocycles. The van der Waals surface area contributed by atoms with Gasteiger partial charge in [-0.05, 0) is 49.8 Å². The Morgan fingerprint density at radius 2 is 2.27 bits per heavy atom. The first kappa shape index (κ1) is 19.1. The molecule has 0 radical (unpaired) electrons. The summed E-state index contributed by atoms with van der Waals surface area (Å²) in [6, 6.07) is 7.12. The Morgan fingerprint density at radius 3 is 2.96 bits per heavy atom. The Kier molecular flexibility index (Phi) is 6.16. The van der Waals surface area contributed by atoms with Crippen LogP contribution in [0, 0.1) is 5.92 Å². The summed E-state index contributed by atoms with van der Waals surface area (Å²) in [4.78, 5) is 12.6. The Hall–Kier alpha value is -1.64. The minimum absolute atomic E-state index is 0.0110. The van der Waals surface area contributed by atoms with Gasteiger partial charge in [-0.15, -0.1) is 11.3 Å². The molecular weight excluding hydrogens is 372 g/mol. The van der Waals surface area contributed by atoms with Gasteiger partial charge in [0, 0.05) is 25.6 Å². The summed E-state index contributed by atoms with van der Waals surface area (Å²) >= 11 is 1.21. The van der Waals surface area contributed by atoms with Gasteiger partial charge < -0.3 is 9.73 Å². The number of carbonyl (C=O) groups excluding carboxylic acids is 1. The first-order valence-corrected chi connectivity index (χ1v) is 11.1. The lowest BCUT2D eigenvalue weighted by atomic mass is 9.98. The molecule has 6 nitrogen and oxygen atoms in total. The SMILES string of the molecule is CC(CCc1ccco1)NC(=O)C1CCCN(S(=O)(=O)c2cccs2)C1. The van der Waals surface area contributed by atoms with Crippen molar-refractivity contribution in [1.29, 1.82) is 0 Å². The summed E-state index contributed by atoms with van der Waals surface area (Å²) in [5.41, 5.74) is 0. The second-order valence-corrected chi connectivity index (χ2v) is 9.77. The third-order valence-electron chi connectivity index (χ3n) is 4.64. The number of aryl methyl sites for hydroxylation is 1. The molecule has 2 unspecified atom stereocenters. The summed E-state index contributed by atoms with van der Waals surface area (Å²) in [5.74, 6) is 0.532. The van der Waals surface area contributed by atoms with E-state index in [0.717, 1.165) is 18.6 Å².